The normalized spacial score (nSPS) is 29.3. The highest BCUT2D eigenvalue weighted by Crippen LogP contribution is 2.43. The lowest BCUT2D eigenvalue weighted by atomic mass is 9.68. The van der Waals surface area contributed by atoms with Crippen LogP contribution in [0.5, 0.6) is 0 Å². The lowest BCUT2D eigenvalue weighted by Crippen LogP contribution is -2.59. The zero-order valence-corrected chi connectivity index (χ0v) is 18.0. The first-order valence-electron chi connectivity index (χ1n) is 10.3. The first kappa shape index (κ1) is 20.7. The highest BCUT2D eigenvalue weighted by molar-refractivity contribution is 5.81. The van der Waals surface area contributed by atoms with Gasteiger partial charge in [-0.05, 0) is 55.1 Å². The SMILES string of the molecule is COC(=O)NC1(C)CC(C(=O)N(C)C2CC(c3ccc(C(C)(C)C)cc3)C2)C1. The van der Waals surface area contributed by atoms with E-state index >= 15 is 0 Å². The van der Waals surface area contributed by atoms with E-state index in [4.69, 9.17) is 0 Å². The van der Waals surface area contributed by atoms with Crippen molar-refractivity contribution in [2.45, 2.75) is 76.3 Å². The molecule has 0 aliphatic heterocycles. The summed E-state index contributed by atoms with van der Waals surface area (Å²) in [7, 11) is 3.28. The van der Waals surface area contributed by atoms with E-state index in [1.165, 1.54) is 18.2 Å². The Bertz CT molecular complexity index is 723. The Labute approximate surface area is 168 Å². The maximum Gasteiger partial charge on any atom is 0.407 e. The summed E-state index contributed by atoms with van der Waals surface area (Å²) in [6.45, 7) is 8.66. The zero-order valence-electron chi connectivity index (χ0n) is 18.0. The minimum absolute atomic E-state index is 0.00252. The summed E-state index contributed by atoms with van der Waals surface area (Å²) in [4.78, 5) is 26.1. The fourth-order valence-corrected chi connectivity index (χ4v) is 4.50. The quantitative estimate of drug-likeness (QED) is 0.843. The molecule has 1 N–H and O–H groups in total. The Balaban J connectivity index is 1.48. The highest BCUT2D eigenvalue weighted by Gasteiger charge is 2.47. The van der Waals surface area contributed by atoms with Crippen molar-refractivity contribution in [2.75, 3.05) is 14.2 Å². The average molecular weight is 387 g/mol. The molecule has 28 heavy (non-hydrogen) atoms. The maximum absolute atomic E-state index is 12.8. The molecule has 5 nitrogen and oxygen atoms in total. The molecule has 2 aliphatic rings. The number of nitrogens with one attached hydrogen (secondary N) is 1. The van der Waals surface area contributed by atoms with Gasteiger partial charge in [0.1, 0.15) is 0 Å². The van der Waals surface area contributed by atoms with Crippen LogP contribution in [0.1, 0.15) is 70.4 Å². The molecular formula is C23H34N2O3. The molecule has 0 radical (unpaired) electrons. The average Bonchev–Trinajstić information content (AvgIpc) is 2.57. The van der Waals surface area contributed by atoms with Gasteiger partial charge in [-0.2, -0.15) is 0 Å². The number of nitrogens with zero attached hydrogens (tertiary/aromatic N) is 1. The van der Waals surface area contributed by atoms with Crippen molar-refractivity contribution >= 4 is 12.0 Å². The van der Waals surface area contributed by atoms with Crippen LogP contribution < -0.4 is 5.32 Å². The van der Waals surface area contributed by atoms with E-state index in [-0.39, 0.29) is 22.8 Å². The summed E-state index contributed by atoms with van der Waals surface area (Å²) in [5, 5.41) is 2.84. The van der Waals surface area contributed by atoms with Gasteiger partial charge in [-0.1, -0.05) is 45.0 Å². The summed E-state index contributed by atoms with van der Waals surface area (Å²) >= 11 is 0. The Kier molecular flexibility index (Phi) is 5.48. The molecule has 0 aromatic heterocycles. The molecule has 154 valence electrons. The first-order chi connectivity index (χ1) is 13.0. The van der Waals surface area contributed by atoms with Crippen LogP contribution in [0.25, 0.3) is 0 Å². The molecule has 3 rings (SSSR count). The van der Waals surface area contributed by atoms with Crippen LogP contribution in [0.3, 0.4) is 0 Å². The molecule has 0 spiro atoms. The molecular weight excluding hydrogens is 352 g/mol. The minimum atomic E-state index is -0.430. The van der Waals surface area contributed by atoms with Crippen molar-refractivity contribution in [1.82, 2.24) is 10.2 Å². The Morgan fingerprint density at radius 3 is 2.21 bits per heavy atom. The second kappa shape index (κ2) is 7.41. The van der Waals surface area contributed by atoms with Gasteiger partial charge >= 0.3 is 6.09 Å². The Morgan fingerprint density at radius 1 is 1.14 bits per heavy atom. The fourth-order valence-electron chi connectivity index (χ4n) is 4.50. The number of carbonyl (C=O) groups is 2. The largest absolute Gasteiger partial charge is 0.453 e. The van der Waals surface area contributed by atoms with Crippen molar-refractivity contribution in [3.05, 3.63) is 35.4 Å². The summed E-state index contributed by atoms with van der Waals surface area (Å²) in [5.74, 6) is 0.745. The van der Waals surface area contributed by atoms with Crippen molar-refractivity contribution in [2.24, 2.45) is 5.92 Å². The van der Waals surface area contributed by atoms with Crippen LogP contribution in [0.2, 0.25) is 0 Å². The lowest BCUT2D eigenvalue weighted by Gasteiger charge is -2.48. The van der Waals surface area contributed by atoms with Gasteiger partial charge in [0.05, 0.1) is 7.11 Å². The van der Waals surface area contributed by atoms with E-state index in [1.54, 1.807) is 0 Å². The van der Waals surface area contributed by atoms with E-state index in [2.05, 4.69) is 55.1 Å². The van der Waals surface area contributed by atoms with Crippen LogP contribution in [0.15, 0.2) is 24.3 Å². The summed E-state index contributed by atoms with van der Waals surface area (Å²) in [6.07, 6.45) is 2.98. The number of hydrogen-bond acceptors (Lipinski definition) is 3. The topological polar surface area (TPSA) is 58.6 Å². The van der Waals surface area contributed by atoms with Gasteiger partial charge in [-0.3, -0.25) is 4.79 Å². The number of methoxy groups -OCH3 is 1. The second-order valence-corrected chi connectivity index (χ2v) is 9.93. The third-order valence-electron chi connectivity index (χ3n) is 6.59. The van der Waals surface area contributed by atoms with E-state index in [9.17, 15) is 9.59 Å². The van der Waals surface area contributed by atoms with Gasteiger partial charge in [-0.25, -0.2) is 4.79 Å². The number of ether oxygens (including phenoxy) is 1. The molecule has 5 heteroatoms. The standard InChI is InChI=1S/C23H34N2O3/c1-22(2,3)18-9-7-15(8-10-18)16-11-19(12-16)25(5)20(26)17-13-23(4,14-17)24-21(27)28-6/h7-10,16-17,19H,11-14H2,1-6H3,(H,24,27). The number of amides is 2. The van der Waals surface area contributed by atoms with Crippen LogP contribution >= 0.6 is 0 Å². The molecule has 2 aliphatic carbocycles. The molecule has 1 aromatic rings. The predicted octanol–water partition coefficient (Wildman–Crippen LogP) is 4.21. The third kappa shape index (κ3) is 4.18. The third-order valence-corrected chi connectivity index (χ3v) is 6.59. The highest BCUT2D eigenvalue weighted by atomic mass is 16.5. The smallest absolute Gasteiger partial charge is 0.407 e. The number of rotatable bonds is 4. The van der Waals surface area contributed by atoms with Gasteiger partial charge in [0, 0.05) is 24.5 Å². The predicted molar refractivity (Wildman–Crippen MR) is 110 cm³/mol. The van der Waals surface area contributed by atoms with E-state index in [1.807, 2.05) is 18.9 Å². The monoisotopic (exact) mass is 386 g/mol. The summed E-state index contributed by atoms with van der Waals surface area (Å²) < 4.78 is 4.66. The molecule has 2 fully saturated rings. The Morgan fingerprint density at radius 2 is 1.71 bits per heavy atom. The van der Waals surface area contributed by atoms with E-state index < -0.39 is 6.09 Å². The van der Waals surface area contributed by atoms with E-state index in [0.717, 1.165) is 12.8 Å². The van der Waals surface area contributed by atoms with Gasteiger partial charge in [-0.15, -0.1) is 0 Å². The number of benzene rings is 1. The van der Waals surface area contributed by atoms with Crippen LogP contribution in [-0.2, 0) is 14.9 Å². The molecule has 0 bridgehead atoms. The van der Waals surface area contributed by atoms with Crippen molar-refractivity contribution < 1.29 is 14.3 Å². The summed E-state index contributed by atoms with van der Waals surface area (Å²) in [5.41, 5.74) is 2.58. The van der Waals surface area contributed by atoms with Crippen LogP contribution in [0.4, 0.5) is 4.79 Å². The summed E-state index contributed by atoms with van der Waals surface area (Å²) in [6, 6.07) is 9.29. The van der Waals surface area contributed by atoms with Crippen molar-refractivity contribution in [1.29, 1.82) is 0 Å². The molecule has 0 saturated heterocycles. The van der Waals surface area contributed by atoms with Crippen molar-refractivity contribution in [3.8, 4) is 0 Å². The number of hydrogen-bond donors (Lipinski definition) is 1. The van der Waals surface area contributed by atoms with Gasteiger partial charge in [0.2, 0.25) is 5.91 Å². The maximum atomic E-state index is 12.8. The molecule has 1 aromatic carbocycles. The van der Waals surface area contributed by atoms with Crippen LogP contribution in [-0.4, -0.2) is 42.6 Å². The molecule has 2 saturated carbocycles. The number of carbonyl (C=O) groups excluding carboxylic acids is 2. The number of alkyl carbamates (subject to hydrolysis) is 1. The van der Waals surface area contributed by atoms with Crippen molar-refractivity contribution in [3.63, 3.8) is 0 Å². The first-order valence-corrected chi connectivity index (χ1v) is 10.3. The lowest BCUT2D eigenvalue weighted by molar-refractivity contribution is -0.143. The molecule has 0 atom stereocenters. The molecule has 0 heterocycles. The minimum Gasteiger partial charge on any atom is -0.453 e. The fraction of sp³-hybridized carbons (Fsp3) is 0.652. The van der Waals surface area contributed by atoms with E-state index in [0.29, 0.717) is 24.8 Å². The van der Waals surface area contributed by atoms with Crippen LogP contribution in [0, 0.1) is 5.92 Å². The Hall–Kier alpha value is -2.04. The van der Waals surface area contributed by atoms with Gasteiger partial charge in [0.15, 0.2) is 0 Å². The van der Waals surface area contributed by atoms with Gasteiger partial charge in [0.25, 0.3) is 0 Å². The molecule has 2 amide bonds. The molecule has 0 unspecified atom stereocenters. The second-order valence-electron chi connectivity index (χ2n) is 9.93. The zero-order chi connectivity index (χ0) is 20.7. The van der Waals surface area contributed by atoms with Gasteiger partial charge < -0.3 is 15.0 Å².